The van der Waals surface area contributed by atoms with Crippen LogP contribution in [0.25, 0.3) is 0 Å². The highest BCUT2D eigenvalue weighted by Gasteiger charge is 2.41. The van der Waals surface area contributed by atoms with Crippen LogP contribution in [0, 0.1) is 30.9 Å². The summed E-state index contributed by atoms with van der Waals surface area (Å²) in [5.41, 5.74) is 3.25. The number of benzene rings is 1. The first-order valence-corrected chi connectivity index (χ1v) is 8.08. The van der Waals surface area contributed by atoms with Gasteiger partial charge in [0.25, 0.3) is 5.69 Å². The zero-order chi connectivity index (χ0) is 16.8. The SMILES string of the molecule is Cc1c(C)c([N+](=O)[O-])c(C)c2c1OC(C)(CN1CCOCC1)C2. The summed E-state index contributed by atoms with van der Waals surface area (Å²) in [6.07, 6.45) is 0.716. The van der Waals surface area contributed by atoms with Gasteiger partial charge in [-0.05, 0) is 27.7 Å². The number of nitro benzene ring substituents is 1. The van der Waals surface area contributed by atoms with Crippen molar-refractivity contribution in [2.45, 2.75) is 39.7 Å². The van der Waals surface area contributed by atoms with Crippen LogP contribution in [0.3, 0.4) is 0 Å². The summed E-state index contributed by atoms with van der Waals surface area (Å²) >= 11 is 0. The topological polar surface area (TPSA) is 64.8 Å². The van der Waals surface area contributed by atoms with Gasteiger partial charge >= 0.3 is 0 Å². The zero-order valence-electron chi connectivity index (χ0n) is 14.3. The van der Waals surface area contributed by atoms with Crippen LogP contribution in [0.5, 0.6) is 5.75 Å². The maximum Gasteiger partial charge on any atom is 0.275 e. The largest absolute Gasteiger partial charge is 0.485 e. The van der Waals surface area contributed by atoms with Crippen molar-refractivity contribution >= 4 is 5.69 Å². The van der Waals surface area contributed by atoms with Gasteiger partial charge in [-0.15, -0.1) is 0 Å². The molecular weight excluding hydrogens is 296 g/mol. The maximum atomic E-state index is 11.4. The second kappa shape index (κ2) is 5.76. The Morgan fingerprint density at radius 2 is 1.83 bits per heavy atom. The number of morpholine rings is 1. The van der Waals surface area contributed by atoms with Crippen LogP contribution in [-0.2, 0) is 11.2 Å². The number of nitro groups is 1. The lowest BCUT2D eigenvalue weighted by Gasteiger charge is -2.34. The third kappa shape index (κ3) is 2.81. The molecule has 1 saturated heterocycles. The molecule has 0 radical (unpaired) electrons. The Hall–Kier alpha value is -1.66. The van der Waals surface area contributed by atoms with Crippen molar-refractivity contribution < 1.29 is 14.4 Å². The van der Waals surface area contributed by atoms with E-state index >= 15 is 0 Å². The van der Waals surface area contributed by atoms with Crippen molar-refractivity contribution in [1.29, 1.82) is 0 Å². The molecule has 23 heavy (non-hydrogen) atoms. The van der Waals surface area contributed by atoms with Crippen LogP contribution in [0.2, 0.25) is 0 Å². The van der Waals surface area contributed by atoms with E-state index in [1.807, 2.05) is 20.8 Å². The second-order valence-corrected chi connectivity index (χ2v) is 6.91. The molecule has 1 atom stereocenters. The van der Waals surface area contributed by atoms with Gasteiger partial charge in [0, 0.05) is 48.3 Å². The Labute approximate surface area is 136 Å². The highest BCUT2D eigenvalue weighted by Crippen LogP contribution is 2.45. The Balaban J connectivity index is 1.92. The zero-order valence-corrected chi connectivity index (χ0v) is 14.3. The van der Waals surface area contributed by atoms with E-state index in [0.29, 0.717) is 12.0 Å². The second-order valence-electron chi connectivity index (χ2n) is 6.91. The van der Waals surface area contributed by atoms with Crippen LogP contribution in [-0.4, -0.2) is 48.3 Å². The summed E-state index contributed by atoms with van der Waals surface area (Å²) in [6.45, 7) is 11.8. The van der Waals surface area contributed by atoms with Gasteiger partial charge in [0.2, 0.25) is 0 Å². The number of fused-ring (bicyclic) bond motifs is 1. The van der Waals surface area contributed by atoms with Gasteiger partial charge in [-0.3, -0.25) is 15.0 Å². The lowest BCUT2D eigenvalue weighted by molar-refractivity contribution is -0.386. The van der Waals surface area contributed by atoms with E-state index < -0.39 is 0 Å². The molecule has 6 heteroatoms. The average molecular weight is 320 g/mol. The van der Waals surface area contributed by atoms with Crippen LogP contribution < -0.4 is 4.74 Å². The molecule has 0 bridgehead atoms. The molecule has 0 amide bonds. The van der Waals surface area contributed by atoms with Crippen molar-refractivity contribution in [1.82, 2.24) is 4.90 Å². The molecule has 0 spiro atoms. The fraction of sp³-hybridized carbons (Fsp3) is 0.647. The maximum absolute atomic E-state index is 11.4. The van der Waals surface area contributed by atoms with E-state index in [0.717, 1.165) is 55.3 Å². The number of hydrogen-bond acceptors (Lipinski definition) is 5. The minimum Gasteiger partial charge on any atom is -0.485 e. The normalized spacial score (nSPS) is 24.3. The molecule has 0 aliphatic carbocycles. The van der Waals surface area contributed by atoms with Crippen molar-refractivity contribution in [3.05, 3.63) is 32.4 Å². The Morgan fingerprint density at radius 3 is 2.43 bits per heavy atom. The van der Waals surface area contributed by atoms with Crippen LogP contribution in [0.4, 0.5) is 5.69 Å². The smallest absolute Gasteiger partial charge is 0.275 e. The highest BCUT2D eigenvalue weighted by atomic mass is 16.6. The molecule has 0 N–H and O–H groups in total. The standard InChI is InChI=1S/C17H24N2O4/c1-11-12(2)16-14(13(3)15(11)19(20)21)9-17(4,23-16)10-18-5-7-22-8-6-18/h5-10H2,1-4H3. The lowest BCUT2D eigenvalue weighted by Crippen LogP contribution is -2.48. The summed E-state index contributed by atoms with van der Waals surface area (Å²) in [6, 6.07) is 0. The monoisotopic (exact) mass is 320 g/mol. The predicted octanol–water partition coefficient (Wildman–Crippen LogP) is 2.55. The summed E-state index contributed by atoms with van der Waals surface area (Å²) in [5.74, 6) is 0.848. The number of nitrogens with zero attached hydrogens (tertiary/aromatic N) is 2. The van der Waals surface area contributed by atoms with Gasteiger partial charge in [-0.1, -0.05) is 0 Å². The molecule has 2 aliphatic heterocycles. The molecular formula is C17H24N2O4. The van der Waals surface area contributed by atoms with Crippen molar-refractivity contribution in [2.75, 3.05) is 32.8 Å². The number of hydrogen-bond donors (Lipinski definition) is 0. The Morgan fingerprint density at radius 1 is 1.17 bits per heavy atom. The minimum atomic E-state index is -0.336. The van der Waals surface area contributed by atoms with E-state index in [4.69, 9.17) is 9.47 Å². The van der Waals surface area contributed by atoms with Gasteiger partial charge in [0.1, 0.15) is 11.4 Å². The van der Waals surface area contributed by atoms with Gasteiger partial charge in [-0.25, -0.2) is 0 Å². The number of rotatable bonds is 3. The van der Waals surface area contributed by atoms with Crippen molar-refractivity contribution in [2.24, 2.45) is 0 Å². The van der Waals surface area contributed by atoms with Gasteiger partial charge in [0.15, 0.2) is 0 Å². The summed E-state index contributed by atoms with van der Waals surface area (Å²) in [5, 5.41) is 11.4. The summed E-state index contributed by atoms with van der Waals surface area (Å²) < 4.78 is 11.7. The lowest BCUT2D eigenvalue weighted by atomic mass is 9.91. The molecule has 1 unspecified atom stereocenters. The minimum absolute atomic E-state index is 0.237. The molecule has 126 valence electrons. The summed E-state index contributed by atoms with van der Waals surface area (Å²) in [4.78, 5) is 13.5. The Kier molecular flexibility index (Phi) is 4.06. The molecule has 0 saturated carbocycles. The predicted molar refractivity (Wildman–Crippen MR) is 87.3 cm³/mol. The number of ether oxygens (including phenoxy) is 2. The molecule has 0 aromatic heterocycles. The third-order valence-electron chi connectivity index (χ3n) is 5.08. The van der Waals surface area contributed by atoms with Crippen LogP contribution >= 0.6 is 0 Å². The van der Waals surface area contributed by atoms with E-state index in [1.54, 1.807) is 0 Å². The molecule has 1 aromatic rings. The fourth-order valence-electron chi connectivity index (χ4n) is 3.77. The van der Waals surface area contributed by atoms with Crippen molar-refractivity contribution in [3.8, 4) is 5.75 Å². The molecule has 2 aliphatic rings. The van der Waals surface area contributed by atoms with Gasteiger partial charge in [-0.2, -0.15) is 0 Å². The first-order valence-electron chi connectivity index (χ1n) is 8.08. The van der Waals surface area contributed by atoms with Crippen molar-refractivity contribution in [3.63, 3.8) is 0 Å². The molecule has 3 rings (SSSR count). The quantitative estimate of drug-likeness (QED) is 0.632. The van der Waals surface area contributed by atoms with Crippen LogP contribution in [0.15, 0.2) is 0 Å². The fourth-order valence-corrected chi connectivity index (χ4v) is 3.77. The van der Waals surface area contributed by atoms with E-state index in [-0.39, 0.29) is 16.2 Å². The van der Waals surface area contributed by atoms with Crippen LogP contribution in [0.1, 0.15) is 29.2 Å². The van der Waals surface area contributed by atoms with E-state index in [1.165, 1.54) is 0 Å². The molecule has 1 fully saturated rings. The van der Waals surface area contributed by atoms with E-state index in [9.17, 15) is 10.1 Å². The first-order chi connectivity index (χ1) is 10.8. The van der Waals surface area contributed by atoms with Gasteiger partial charge < -0.3 is 9.47 Å². The first kappa shape index (κ1) is 16.2. The summed E-state index contributed by atoms with van der Waals surface area (Å²) in [7, 11) is 0. The molecule has 6 nitrogen and oxygen atoms in total. The molecule has 2 heterocycles. The van der Waals surface area contributed by atoms with E-state index in [2.05, 4.69) is 11.8 Å². The average Bonchev–Trinajstić information content (AvgIpc) is 2.84. The Bertz CT molecular complexity index is 653. The van der Waals surface area contributed by atoms with Gasteiger partial charge in [0.05, 0.1) is 18.1 Å². The molecule has 1 aromatic carbocycles. The highest BCUT2D eigenvalue weighted by molar-refractivity contribution is 5.63. The third-order valence-corrected chi connectivity index (χ3v) is 5.08.